The molecule has 0 aliphatic carbocycles. The quantitative estimate of drug-likeness (QED) is 0.269. The van der Waals surface area contributed by atoms with Crippen molar-refractivity contribution in [2.24, 2.45) is 0 Å². The number of aliphatic hydroxyl groups is 1. The fourth-order valence-electron chi connectivity index (χ4n) is 2.83. The maximum absolute atomic E-state index is 12.8. The van der Waals surface area contributed by atoms with E-state index in [2.05, 4.69) is 16.1 Å². The molecule has 0 radical (unpaired) electrons. The molecule has 33 heavy (non-hydrogen) atoms. The average molecular weight is 534 g/mol. The van der Waals surface area contributed by atoms with Crippen molar-refractivity contribution in [3.8, 4) is 0 Å². The summed E-state index contributed by atoms with van der Waals surface area (Å²) >= 11 is 16.7. The molecule has 4 N–H and O–H groups in total. The first-order chi connectivity index (χ1) is 15.1. The molecule has 11 nitrogen and oxygen atoms in total. The highest BCUT2D eigenvalue weighted by atomic mass is 35.6. The summed E-state index contributed by atoms with van der Waals surface area (Å²) in [5, 5.41) is 15.3. The van der Waals surface area contributed by atoms with Crippen LogP contribution < -0.4 is 16.1 Å². The number of amides is 3. The van der Waals surface area contributed by atoms with Crippen molar-refractivity contribution >= 4 is 58.7 Å². The minimum Gasteiger partial charge on any atom is -0.460 e. The number of hydrazine groups is 1. The second-order valence-electron chi connectivity index (χ2n) is 8.48. The van der Waals surface area contributed by atoms with Crippen molar-refractivity contribution in [2.75, 3.05) is 19.8 Å². The molecule has 1 fully saturated rings. The highest BCUT2D eigenvalue weighted by Crippen LogP contribution is 2.26. The minimum absolute atomic E-state index is 0.0783. The van der Waals surface area contributed by atoms with E-state index >= 15 is 0 Å². The molecule has 1 saturated heterocycles. The zero-order valence-electron chi connectivity index (χ0n) is 19.0. The molecule has 1 rings (SSSR count). The van der Waals surface area contributed by atoms with Crippen LogP contribution in [-0.4, -0.2) is 81.3 Å². The van der Waals surface area contributed by atoms with Gasteiger partial charge in [-0.1, -0.05) is 34.8 Å². The molecule has 0 saturated carbocycles. The van der Waals surface area contributed by atoms with Gasteiger partial charge in [0.2, 0.25) is 9.70 Å². The summed E-state index contributed by atoms with van der Waals surface area (Å²) in [7, 11) is 0. The number of hydrogen-bond acceptors (Lipinski definition) is 8. The Kier molecular flexibility index (Phi) is 11.4. The lowest BCUT2D eigenvalue weighted by Crippen LogP contribution is -2.60. The van der Waals surface area contributed by atoms with Gasteiger partial charge < -0.3 is 25.2 Å². The lowest BCUT2D eigenvalue weighted by molar-refractivity contribution is -0.152. The lowest BCUT2D eigenvalue weighted by Gasteiger charge is -2.34. The number of alkyl halides is 3. The summed E-state index contributed by atoms with van der Waals surface area (Å²) < 4.78 is 8.32. The van der Waals surface area contributed by atoms with E-state index in [1.807, 2.05) is 0 Å². The average Bonchev–Trinajstić information content (AvgIpc) is 2.69. The summed E-state index contributed by atoms with van der Waals surface area (Å²) in [6, 6.07) is -2.93. The highest BCUT2D eigenvalue weighted by molar-refractivity contribution is 6.67. The molecule has 0 aromatic carbocycles. The van der Waals surface area contributed by atoms with Gasteiger partial charge in [0, 0.05) is 13.2 Å². The smallest absolute Gasteiger partial charge is 0.408 e. The van der Waals surface area contributed by atoms with Crippen molar-refractivity contribution < 1.29 is 33.8 Å². The van der Waals surface area contributed by atoms with E-state index in [-0.39, 0.29) is 13.0 Å². The van der Waals surface area contributed by atoms with E-state index < -0.39 is 58.0 Å². The van der Waals surface area contributed by atoms with Gasteiger partial charge in [0.05, 0.1) is 0 Å². The Morgan fingerprint density at radius 2 is 1.82 bits per heavy atom. The van der Waals surface area contributed by atoms with Crippen LogP contribution in [0.4, 0.5) is 4.79 Å². The number of carbonyl (C=O) groups is 4. The van der Waals surface area contributed by atoms with Crippen LogP contribution in [-0.2, 0) is 23.9 Å². The van der Waals surface area contributed by atoms with Gasteiger partial charge >= 0.3 is 12.1 Å². The first-order valence-electron chi connectivity index (χ1n) is 10.3. The third-order valence-corrected chi connectivity index (χ3v) is 4.60. The van der Waals surface area contributed by atoms with Crippen molar-refractivity contribution in [3.05, 3.63) is 0 Å². The Hall–Kier alpha value is -1.53. The maximum Gasteiger partial charge on any atom is 0.408 e. The fraction of sp³-hybridized carbons (Fsp3) is 0.789. The van der Waals surface area contributed by atoms with E-state index in [4.69, 9.17) is 44.3 Å². The maximum atomic E-state index is 12.8. The van der Waals surface area contributed by atoms with Crippen LogP contribution in [0.25, 0.3) is 0 Å². The number of aliphatic hydroxyl groups excluding tert-OH is 1. The monoisotopic (exact) mass is 532 g/mol. The molecule has 190 valence electrons. The SMILES string of the molecule is C[C@H](NC(=O)[C@H](CCO)NC(=O)OC(C)(C)C)C(=O)N1CCC[C@@H](C(=O)OCC(Cl)(Cl)Cl)N1. The molecular weight excluding hydrogens is 503 g/mol. The van der Waals surface area contributed by atoms with Gasteiger partial charge in [0.25, 0.3) is 5.91 Å². The summed E-state index contributed by atoms with van der Waals surface area (Å²) in [6.07, 6.45) is -0.00331. The standard InChI is InChI=1S/C19H31Cl3N4O7/c1-11(23-14(28)12(7-9-27)24-17(31)33-18(2,3)4)15(29)26-8-5-6-13(25-26)16(30)32-10-19(20,21)22/h11-13,25,27H,5-10H2,1-4H3,(H,23,28)(H,24,31)/t11-,12-,13-/m0/s1. The van der Waals surface area contributed by atoms with Crippen molar-refractivity contribution in [3.63, 3.8) is 0 Å². The number of ether oxygens (including phenoxy) is 2. The number of esters is 1. The fourth-order valence-corrected chi connectivity index (χ4v) is 2.99. The Morgan fingerprint density at radius 1 is 1.18 bits per heavy atom. The summed E-state index contributed by atoms with van der Waals surface area (Å²) in [5.41, 5.74) is 1.98. The van der Waals surface area contributed by atoms with E-state index in [1.165, 1.54) is 11.9 Å². The number of halogens is 3. The van der Waals surface area contributed by atoms with Crippen LogP contribution in [0.3, 0.4) is 0 Å². The molecule has 3 atom stereocenters. The Bertz CT molecular complexity index is 712. The first-order valence-corrected chi connectivity index (χ1v) is 11.5. The van der Waals surface area contributed by atoms with Gasteiger partial charge in [0.15, 0.2) is 0 Å². The Labute approximate surface area is 207 Å². The lowest BCUT2D eigenvalue weighted by atomic mass is 10.1. The van der Waals surface area contributed by atoms with E-state index in [0.717, 1.165) is 0 Å². The highest BCUT2D eigenvalue weighted by Gasteiger charge is 2.34. The molecule has 1 aliphatic heterocycles. The summed E-state index contributed by atoms with van der Waals surface area (Å²) in [4.78, 5) is 49.5. The molecule has 3 amide bonds. The number of alkyl carbamates (subject to hydrolysis) is 1. The summed E-state index contributed by atoms with van der Waals surface area (Å²) in [6.45, 7) is 5.94. The Morgan fingerprint density at radius 3 is 2.36 bits per heavy atom. The van der Waals surface area contributed by atoms with Crippen molar-refractivity contribution in [1.82, 2.24) is 21.1 Å². The normalized spacial score (nSPS) is 18.7. The molecule has 14 heteroatoms. The number of rotatable bonds is 8. The van der Waals surface area contributed by atoms with Gasteiger partial charge in [-0.25, -0.2) is 10.2 Å². The second-order valence-corrected chi connectivity index (χ2v) is 11.0. The van der Waals surface area contributed by atoms with Crippen LogP contribution in [0.5, 0.6) is 0 Å². The van der Waals surface area contributed by atoms with Gasteiger partial charge in [-0.15, -0.1) is 0 Å². The third-order valence-electron chi connectivity index (χ3n) is 4.27. The van der Waals surface area contributed by atoms with Gasteiger partial charge in [-0.3, -0.25) is 19.4 Å². The number of nitrogens with zero attached hydrogens (tertiary/aromatic N) is 1. The van der Waals surface area contributed by atoms with Gasteiger partial charge in [-0.05, 0) is 47.0 Å². The Balaban J connectivity index is 2.67. The van der Waals surface area contributed by atoms with E-state index in [1.54, 1.807) is 20.8 Å². The number of carbonyl (C=O) groups excluding carboxylic acids is 4. The molecular formula is C19H31Cl3N4O7. The van der Waals surface area contributed by atoms with Crippen LogP contribution >= 0.6 is 34.8 Å². The predicted octanol–water partition coefficient (Wildman–Crippen LogP) is 1.18. The van der Waals surface area contributed by atoms with Gasteiger partial charge in [-0.2, -0.15) is 0 Å². The minimum atomic E-state index is -1.75. The largest absolute Gasteiger partial charge is 0.460 e. The van der Waals surface area contributed by atoms with Crippen LogP contribution in [0.2, 0.25) is 0 Å². The van der Waals surface area contributed by atoms with E-state index in [0.29, 0.717) is 19.4 Å². The van der Waals surface area contributed by atoms with Crippen LogP contribution in [0.15, 0.2) is 0 Å². The molecule has 0 aromatic heterocycles. The first kappa shape index (κ1) is 29.5. The van der Waals surface area contributed by atoms with Crippen molar-refractivity contribution in [1.29, 1.82) is 0 Å². The zero-order valence-corrected chi connectivity index (χ0v) is 21.2. The molecule has 1 heterocycles. The molecule has 0 bridgehead atoms. The van der Waals surface area contributed by atoms with Crippen LogP contribution in [0, 0.1) is 0 Å². The second kappa shape index (κ2) is 12.8. The molecule has 0 aromatic rings. The predicted molar refractivity (Wildman–Crippen MR) is 122 cm³/mol. The van der Waals surface area contributed by atoms with Crippen molar-refractivity contribution in [2.45, 2.75) is 74.5 Å². The number of nitrogens with one attached hydrogen (secondary N) is 3. The molecule has 0 unspecified atom stereocenters. The summed E-state index contributed by atoms with van der Waals surface area (Å²) in [5.74, 6) is -1.87. The van der Waals surface area contributed by atoms with E-state index in [9.17, 15) is 24.3 Å². The number of hydrogen-bond donors (Lipinski definition) is 4. The van der Waals surface area contributed by atoms with Crippen LogP contribution in [0.1, 0.15) is 47.0 Å². The molecule has 1 aliphatic rings. The molecule has 0 spiro atoms. The zero-order chi connectivity index (χ0) is 25.4. The third kappa shape index (κ3) is 11.4. The van der Waals surface area contributed by atoms with Gasteiger partial charge in [0.1, 0.15) is 30.3 Å². The topological polar surface area (TPSA) is 146 Å².